The first kappa shape index (κ1) is 26.9. The molecule has 15 heteroatoms. The Bertz CT molecular complexity index is 1510. The second-order valence-corrected chi connectivity index (χ2v) is 7.05. The predicted octanol–water partition coefficient (Wildman–Crippen LogP) is 3.74. The molecule has 0 fully saturated rings. The van der Waals surface area contributed by atoms with Crippen molar-refractivity contribution >= 4 is 39.7 Å². The van der Waals surface area contributed by atoms with Gasteiger partial charge in [-0.3, -0.25) is 15.1 Å². The Balaban J connectivity index is 0.000000479. The number of hydrogen-bond donors (Lipinski definition) is 3. The highest BCUT2D eigenvalue weighted by Crippen LogP contribution is 2.33. The van der Waals surface area contributed by atoms with E-state index in [2.05, 4.69) is 25.3 Å². The summed E-state index contributed by atoms with van der Waals surface area (Å²) in [6.45, 7) is -0.821. The Kier molecular flexibility index (Phi) is 7.95. The molecule has 37 heavy (non-hydrogen) atoms. The summed E-state index contributed by atoms with van der Waals surface area (Å²) in [4.78, 5) is 36.9. The molecule has 0 radical (unpaired) electrons. The van der Waals surface area contributed by atoms with E-state index in [1.54, 1.807) is 30.3 Å². The number of ether oxygens (including phenoxy) is 3. The lowest BCUT2D eigenvalue weighted by Gasteiger charge is -2.12. The van der Waals surface area contributed by atoms with E-state index in [1.807, 2.05) is 0 Å². The molecular formula is C22H19F4N5O6. The van der Waals surface area contributed by atoms with Crippen LogP contribution in [-0.2, 0) is 11.5 Å². The van der Waals surface area contributed by atoms with Crippen molar-refractivity contribution in [1.29, 1.82) is 0 Å². The molecule has 0 spiro atoms. The molecular weight excluding hydrogens is 506 g/mol. The van der Waals surface area contributed by atoms with E-state index in [9.17, 15) is 22.4 Å². The zero-order valence-corrected chi connectivity index (χ0v) is 19.4. The van der Waals surface area contributed by atoms with Crippen molar-refractivity contribution < 1.29 is 41.7 Å². The molecule has 0 amide bonds. The summed E-state index contributed by atoms with van der Waals surface area (Å²) in [5, 5.41) is 10.8. The fourth-order valence-corrected chi connectivity index (χ4v) is 3.14. The standard InChI is InChI=1S/C20H18FN5O4.C2HF3O2/c1-28-14-6-4-5-10-17(14)24-20(25-18(10)27)26-19-22-12-8-16(30-3)15(29-2)7-11(12)13(9-21)23-19;3-2(4,5)1(6)7/h4-8H,9H2,1-3H3,(H2,22,23,24,25,26,27);(H,6,7). The molecule has 4 rings (SSSR count). The SMILES string of the molecule is COc1cc2nc(Nc3nc4c(OC)cccc4c(=O)[nH]3)nc(CF)c2cc1OC.O=C(O)C(F)(F)F. The van der Waals surface area contributed by atoms with Crippen LogP contribution in [0, 0.1) is 0 Å². The monoisotopic (exact) mass is 525 g/mol. The lowest BCUT2D eigenvalue weighted by Crippen LogP contribution is -2.21. The fourth-order valence-electron chi connectivity index (χ4n) is 3.14. The van der Waals surface area contributed by atoms with E-state index < -0.39 is 18.8 Å². The molecule has 0 aliphatic rings. The van der Waals surface area contributed by atoms with Gasteiger partial charge in [0.2, 0.25) is 11.9 Å². The minimum absolute atomic E-state index is 0.0692. The third-order valence-electron chi connectivity index (χ3n) is 4.80. The molecule has 2 heterocycles. The van der Waals surface area contributed by atoms with Crippen LogP contribution in [0.15, 0.2) is 35.1 Å². The Labute approximate surface area is 205 Å². The Morgan fingerprint density at radius 3 is 2.19 bits per heavy atom. The van der Waals surface area contributed by atoms with E-state index in [1.165, 1.54) is 21.3 Å². The number of fused-ring (bicyclic) bond motifs is 2. The van der Waals surface area contributed by atoms with Crippen molar-refractivity contribution in [2.45, 2.75) is 12.9 Å². The van der Waals surface area contributed by atoms with Crippen molar-refractivity contribution in [2.24, 2.45) is 0 Å². The minimum Gasteiger partial charge on any atom is -0.494 e. The second-order valence-electron chi connectivity index (χ2n) is 7.05. The molecule has 0 aliphatic carbocycles. The van der Waals surface area contributed by atoms with Gasteiger partial charge < -0.3 is 19.3 Å². The summed E-state index contributed by atoms with van der Waals surface area (Å²) < 4.78 is 61.3. The number of benzene rings is 2. The molecule has 0 saturated carbocycles. The number of methoxy groups -OCH3 is 3. The normalized spacial score (nSPS) is 11.0. The summed E-state index contributed by atoms with van der Waals surface area (Å²) in [7, 11) is 4.48. The quantitative estimate of drug-likeness (QED) is 0.318. The molecule has 196 valence electrons. The number of anilines is 2. The molecule has 3 N–H and O–H groups in total. The summed E-state index contributed by atoms with van der Waals surface area (Å²) in [6.07, 6.45) is -5.08. The van der Waals surface area contributed by atoms with E-state index in [0.29, 0.717) is 39.1 Å². The summed E-state index contributed by atoms with van der Waals surface area (Å²) in [5.74, 6) is -1.26. The highest BCUT2D eigenvalue weighted by molar-refractivity contribution is 5.87. The number of para-hydroxylation sites is 1. The van der Waals surface area contributed by atoms with Crippen LogP contribution in [0.3, 0.4) is 0 Å². The first-order valence-corrected chi connectivity index (χ1v) is 10.1. The van der Waals surface area contributed by atoms with Crippen LogP contribution in [0.1, 0.15) is 5.69 Å². The zero-order chi connectivity index (χ0) is 27.3. The third kappa shape index (κ3) is 5.94. The zero-order valence-electron chi connectivity index (χ0n) is 19.4. The topological polar surface area (TPSA) is 149 Å². The Hall–Kier alpha value is -4.69. The number of hydrogen-bond acceptors (Lipinski definition) is 9. The van der Waals surface area contributed by atoms with Gasteiger partial charge in [-0.25, -0.2) is 24.1 Å². The van der Waals surface area contributed by atoms with Gasteiger partial charge in [0.1, 0.15) is 17.9 Å². The maximum Gasteiger partial charge on any atom is 0.490 e. The van der Waals surface area contributed by atoms with E-state index in [0.717, 1.165) is 0 Å². The number of aliphatic carboxylic acids is 1. The maximum absolute atomic E-state index is 13.7. The number of carboxylic acids is 1. The van der Waals surface area contributed by atoms with Gasteiger partial charge in [0.05, 0.1) is 37.9 Å². The largest absolute Gasteiger partial charge is 0.494 e. The third-order valence-corrected chi connectivity index (χ3v) is 4.80. The van der Waals surface area contributed by atoms with Crippen molar-refractivity contribution in [3.8, 4) is 17.2 Å². The van der Waals surface area contributed by atoms with Gasteiger partial charge in [-0.15, -0.1) is 0 Å². The van der Waals surface area contributed by atoms with Crippen LogP contribution < -0.4 is 25.1 Å². The van der Waals surface area contributed by atoms with Crippen LogP contribution >= 0.6 is 0 Å². The van der Waals surface area contributed by atoms with Crippen molar-refractivity contribution in [1.82, 2.24) is 19.9 Å². The summed E-state index contributed by atoms with van der Waals surface area (Å²) >= 11 is 0. The number of aromatic amines is 1. The Morgan fingerprint density at radius 2 is 1.62 bits per heavy atom. The fraction of sp³-hybridized carbons (Fsp3) is 0.227. The van der Waals surface area contributed by atoms with Gasteiger partial charge >= 0.3 is 12.1 Å². The van der Waals surface area contributed by atoms with E-state index in [4.69, 9.17) is 24.1 Å². The van der Waals surface area contributed by atoms with Crippen LogP contribution in [0.4, 0.5) is 29.5 Å². The molecule has 0 atom stereocenters. The number of carboxylic acid groups (broad SMARTS) is 1. The van der Waals surface area contributed by atoms with E-state index in [-0.39, 0.29) is 23.1 Å². The molecule has 2 aromatic carbocycles. The molecule has 0 aliphatic heterocycles. The smallest absolute Gasteiger partial charge is 0.490 e. The number of alkyl halides is 4. The number of halogens is 4. The average Bonchev–Trinajstić information content (AvgIpc) is 2.86. The summed E-state index contributed by atoms with van der Waals surface area (Å²) in [6, 6.07) is 8.28. The van der Waals surface area contributed by atoms with Gasteiger partial charge in [0, 0.05) is 11.5 Å². The number of rotatable bonds is 6. The first-order valence-electron chi connectivity index (χ1n) is 10.1. The lowest BCUT2D eigenvalue weighted by molar-refractivity contribution is -0.192. The van der Waals surface area contributed by atoms with Crippen LogP contribution in [0.5, 0.6) is 17.2 Å². The second kappa shape index (κ2) is 10.9. The van der Waals surface area contributed by atoms with Gasteiger partial charge in [-0.1, -0.05) is 6.07 Å². The molecule has 0 bridgehead atoms. The van der Waals surface area contributed by atoms with Gasteiger partial charge in [0.25, 0.3) is 5.56 Å². The average molecular weight is 525 g/mol. The lowest BCUT2D eigenvalue weighted by atomic mass is 10.1. The van der Waals surface area contributed by atoms with Crippen molar-refractivity contribution in [2.75, 3.05) is 26.6 Å². The number of H-pyrrole nitrogens is 1. The number of carbonyl (C=O) groups is 1. The van der Waals surface area contributed by atoms with Gasteiger partial charge in [-0.2, -0.15) is 13.2 Å². The highest BCUT2D eigenvalue weighted by Gasteiger charge is 2.38. The maximum atomic E-state index is 13.7. The first-order chi connectivity index (χ1) is 17.5. The molecule has 11 nitrogen and oxygen atoms in total. The molecule has 2 aromatic heterocycles. The molecule has 0 unspecified atom stereocenters. The number of nitrogens with zero attached hydrogens (tertiary/aromatic N) is 3. The molecule has 0 saturated heterocycles. The molecule has 4 aromatic rings. The Morgan fingerprint density at radius 1 is 1.00 bits per heavy atom. The number of aromatic nitrogens is 4. The highest BCUT2D eigenvalue weighted by atomic mass is 19.4. The minimum atomic E-state index is -5.08. The van der Waals surface area contributed by atoms with Crippen LogP contribution in [-0.4, -0.2) is 58.5 Å². The predicted molar refractivity (Wildman–Crippen MR) is 123 cm³/mol. The summed E-state index contributed by atoms with van der Waals surface area (Å²) in [5.41, 5.74) is 0.617. The van der Waals surface area contributed by atoms with Crippen molar-refractivity contribution in [3.05, 3.63) is 46.4 Å². The van der Waals surface area contributed by atoms with Crippen LogP contribution in [0.25, 0.3) is 21.8 Å². The number of nitrogens with one attached hydrogen (secondary N) is 2. The van der Waals surface area contributed by atoms with Crippen LogP contribution in [0.2, 0.25) is 0 Å². The van der Waals surface area contributed by atoms with E-state index >= 15 is 0 Å². The van der Waals surface area contributed by atoms with Gasteiger partial charge in [-0.05, 0) is 18.2 Å². The van der Waals surface area contributed by atoms with Gasteiger partial charge in [0.15, 0.2) is 11.5 Å². The van der Waals surface area contributed by atoms with Crippen molar-refractivity contribution in [3.63, 3.8) is 0 Å².